The molecule has 0 saturated heterocycles. The maximum Gasteiger partial charge on any atom is 0.347 e. The molecule has 6 nitrogen and oxygen atoms in total. The van der Waals surface area contributed by atoms with E-state index in [1.807, 2.05) is 50.2 Å². The second-order valence-corrected chi connectivity index (χ2v) is 6.30. The number of nitrogens with zero attached hydrogens (tertiary/aromatic N) is 3. The zero-order valence-electron chi connectivity index (χ0n) is 14.1. The number of benzene rings is 2. The number of hydrogen-bond donors (Lipinski definition) is 1. The second-order valence-electron chi connectivity index (χ2n) is 6.30. The molecule has 1 aromatic heterocycles. The van der Waals surface area contributed by atoms with E-state index in [9.17, 15) is 9.90 Å². The van der Waals surface area contributed by atoms with Crippen molar-refractivity contribution in [2.75, 3.05) is 0 Å². The SMILES string of the molecule is Cc1cc(-n2nc3ccccc3n2)cc(C)c1OC(C)(C)C(=O)O. The summed E-state index contributed by atoms with van der Waals surface area (Å²) in [5.74, 6) is -0.437. The summed E-state index contributed by atoms with van der Waals surface area (Å²) in [6, 6.07) is 11.4. The van der Waals surface area contributed by atoms with Gasteiger partial charge < -0.3 is 9.84 Å². The van der Waals surface area contributed by atoms with E-state index in [1.54, 1.807) is 4.80 Å². The fraction of sp³-hybridized carbons (Fsp3) is 0.278. The molecule has 0 spiro atoms. The van der Waals surface area contributed by atoms with Crippen LogP contribution in [-0.2, 0) is 4.79 Å². The van der Waals surface area contributed by atoms with Crippen molar-refractivity contribution in [2.24, 2.45) is 0 Å². The molecule has 124 valence electrons. The lowest BCUT2D eigenvalue weighted by atomic mass is 10.1. The standard InChI is InChI=1S/C18H19N3O3/c1-11-9-13(21-19-14-7-5-6-8-15(14)20-21)10-12(2)16(11)24-18(3,4)17(22)23/h5-10H,1-4H3,(H,22,23). The van der Waals surface area contributed by atoms with Gasteiger partial charge in [0.15, 0.2) is 5.60 Å². The van der Waals surface area contributed by atoms with Crippen molar-refractivity contribution in [1.82, 2.24) is 15.0 Å². The van der Waals surface area contributed by atoms with E-state index in [2.05, 4.69) is 10.2 Å². The first kappa shape index (κ1) is 16.0. The van der Waals surface area contributed by atoms with E-state index in [4.69, 9.17) is 4.74 Å². The van der Waals surface area contributed by atoms with Crippen LogP contribution in [0, 0.1) is 13.8 Å². The molecule has 0 radical (unpaired) electrons. The highest BCUT2D eigenvalue weighted by atomic mass is 16.5. The maximum atomic E-state index is 11.3. The molecular weight excluding hydrogens is 306 g/mol. The molecule has 1 heterocycles. The number of carboxylic acids is 1. The van der Waals surface area contributed by atoms with Gasteiger partial charge in [0.2, 0.25) is 0 Å². The first-order chi connectivity index (χ1) is 11.3. The summed E-state index contributed by atoms with van der Waals surface area (Å²) >= 11 is 0. The fourth-order valence-electron chi connectivity index (χ4n) is 2.48. The van der Waals surface area contributed by atoms with Crippen LogP contribution >= 0.6 is 0 Å². The molecule has 3 rings (SSSR count). The summed E-state index contributed by atoms with van der Waals surface area (Å²) in [6.07, 6.45) is 0. The predicted octanol–water partition coefficient (Wildman–Crippen LogP) is 3.28. The molecule has 24 heavy (non-hydrogen) atoms. The molecule has 0 unspecified atom stereocenters. The predicted molar refractivity (Wildman–Crippen MR) is 90.7 cm³/mol. The molecule has 3 aromatic rings. The molecule has 0 fully saturated rings. The third-order valence-electron chi connectivity index (χ3n) is 3.83. The van der Waals surface area contributed by atoms with Crippen molar-refractivity contribution in [3.8, 4) is 11.4 Å². The minimum atomic E-state index is -1.30. The molecule has 0 aliphatic carbocycles. The van der Waals surface area contributed by atoms with E-state index in [0.717, 1.165) is 27.8 Å². The molecule has 1 N–H and O–H groups in total. The number of fused-ring (bicyclic) bond motifs is 1. The van der Waals surface area contributed by atoms with Gasteiger partial charge in [-0.2, -0.15) is 4.80 Å². The van der Waals surface area contributed by atoms with Gasteiger partial charge in [-0.1, -0.05) is 12.1 Å². The monoisotopic (exact) mass is 325 g/mol. The van der Waals surface area contributed by atoms with Crippen molar-refractivity contribution < 1.29 is 14.6 Å². The molecular formula is C18H19N3O3. The van der Waals surface area contributed by atoms with Crippen molar-refractivity contribution in [3.63, 3.8) is 0 Å². The molecule has 0 amide bonds. The van der Waals surface area contributed by atoms with Crippen LogP contribution in [0.5, 0.6) is 5.75 Å². The second kappa shape index (κ2) is 5.63. The van der Waals surface area contributed by atoms with E-state index >= 15 is 0 Å². The minimum Gasteiger partial charge on any atom is -0.478 e. The van der Waals surface area contributed by atoms with Crippen LogP contribution in [-0.4, -0.2) is 31.7 Å². The molecule has 0 aliphatic rings. The highest BCUT2D eigenvalue weighted by Gasteiger charge is 2.30. The highest BCUT2D eigenvalue weighted by molar-refractivity contribution is 5.77. The first-order valence-corrected chi connectivity index (χ1v) is 7.64. The van der Waals surface area contributed by atoms with Gasteiger partial charge in [-0.25, -0.2) is 4.79 Å². The third kappa shape index (κ3) is 2.82. The van der Waals surface area contributed by atoms with Crippen LogP contribution < -0.4 is 4.74 Å². The molecule has 2 aromatic carbocycles. The lowest BCUT2D eigenvalue weighted by Crippen LogP contribution is -2.38. The smallest absolute Gasteiger partial charge is 0.347 e. The summed E-state index contributed by atoms with van der Waals surface area (Å²) in [5.41, 5.74) is 2.82. The third-order valence-corrected chi connectivity index (χ3v) is 3.83. The Morgan fingerprint density at radius 3 is 2.04 bits per heavy atom. The van der Waals surface area contributed by atoms with Crippen LogP contribution in [0.15, 0.2) is 36.4 Å². The normalized spacial score (nSPS) is 11.7. The van der Waals surface area contributed by atoms with Crippen molar-refractivity contribution >= 4 is 17.0 Å². The van der Waals surface area contributed by atoms with Crippen LogP contribution in [0.3, 0.4) is 0 Å². The summed E-state index contributed by atoms with van der Waals surface area (Å²) in [5, 5.41) is 18.2. The van der Waals surface area contributed by atoms with E-state index in [1.165, 1.54) is 13.8 Å². The molecule has 0 aliphatic heterocycles. The van der Waals surface area contributed by atoms with Gasteiger partial charge in [0.1, 0.15) is 16.8 Å². The molecule has 0 bridgehead atoms. The van der Waals surface area contributed by atoms with Gasteiger partial charge in [0.05, 0.1) is 5.69 Å². The topological polar surface area (TPSA) is 77.2 Å². The number of carbonyl (C=O) groups is 1. The average Bonchev–Trinajstić information content (AvgIpc) is 2.94. The fourth-order valence-corrected chi connectivity index (χ4v) is 2.48. The number of hydrogen-bond acceptors (Lipinski definition) is 4. The minimum absolute atomic E-state index is 0.572. The number of aromatic nitrogens is 3. The Hall–Kier alpha value is -2.89. The van der Waals surface area contributed by atoms with Gasteiger partial charge >= 0.3 is 5.97 Å². The molecule has 6 heteroatoms. The van der Waals surface area contributed by atoms with Crippen molar-refractivity contribution in [1.29, 1.82) is 0 Å². The van der Waals surface area contributed by atoms with E-state index < -0.39 is 11.6 Å². The lowest BCUT2D eigenvalue weighted by molar-refractivity contribution is -0.152. The Kier molecular flexibility index (Phi) is 3.75. The zero-order chi connectivity index (χ0) is 17.5. The van der Waals surface area contributed by atoms with Crippen LogP contribution in [0.25, 0.3) is 16.7 Å². The Morgan fingerprint density at radius 1 is 1.08 bits per heavy atom. The Morgan fingerprint density at radius 2 is 1.58 bits per heavy atom. The van der Waals surface area contributed by atoms with Crippen LogP contribution in [0.2, 0.25) is 0 Å². The van der Waals surface area contributed by atoms with Gasteiger partial charge in [-0.15, -0.1) is 10.2 Å². The van der Waals surface area contributed by atoms with Gasteiger partial charge in [-0.3, -0.25) is 0 Å². The quantitative estimate of drug-likeness (QED) is 0.796. The largest absolute Gasteiger partial charge is 0.478 e. The van der Waals surface area contributed by atoms with Crippen molar-refractivity contribution in [3.05, 3.63) is 47.5 Å². The maximum absolute atomic E-state index is 11.3. The number of rotatable bonds is 4. The van der Waals surface area contributed by atoms with Gasteiger partial charge in [0, 0.05) is 0 Å². The number of aryl methyl sites for hydroxylation is 2. The van der Waals surface area contributed by atoms with Crippen molar-refractivity contribution in [2.45, 2.75) is 33.3 Å². The number of ether oxygens (including phenoxy) is 1. The summed E-state index contributed by atoms with van der Waals surface area (Å²) in [4.78, 5) is 12.9. The highest BCUT2D eigenvalue weighted by Crippen LogP contribution is 2.29. The lowest BCUT2D eigenvalue weighted by Gasteiger charge is -2.24. The van der Waals surface area contributed by atoms with E-state index in [0.29, 0.717) is 5.75 Å². The summed E-state index contributed by atoms with van der Waals surface area (Å²) < 4.78 is 5.73. The first-order valence-electron chi connectivity index (χ1n) is 7.64. The Balaban J connectivity index is 2.02. The van der Waals surface area contributed by atoms with E-state index in [-0.39, 0.29) is 0 Å². The van der Waals surface area contributed by atoms with Gasteiger partial charge in [-0.05, 0) is 63.1 Å². The molecule has 0 atom stereocenters. The van der Waals surface area contributed by atoms with Gasteiger partial charge in [0.25, 0.3) is 0 Å². The number of carboxylic acid groups (broad SMARTS) is 1. The Labute approximate surface area is 139 Å². The average molecular weight is 325 g/mol. The van der Waals surface area contributed by atoms with Crippen LogP contribution in [0.4, 0.5) is 0 Å². The van der Waals surface area contributed by atoms with Crippen LogP contribution in [0.1, 0.15) is 25.0 Å². The Bertz CT molecular complexity index is 872. The summed E-state index contributed by atoms with van der Waals surface area (Å²) in [6.45, 7) is 6.83. The molecule has 0 saturated carbocycles. The number of aliphatic carboxylic acids is 1. The zero-order valence-corrected chi connectivity index (χ0v) is 14.1. The summed E-state index contributed by atoms with van der Waals surface area (Å²) in [7, 11) is 0.